The molecule has 5 nitrogen and oxygen atoms in total. The van der Waals surface area contributed by atoms with Gasteiger partial charge in [0.15, 0.2) is 11.2 Å². The zero-order valence-corrected chi connectivity index (χ0v) is 20.5. The molecule has 1 N–H and O–H groups in total. The van der Waals surface area contributed by atoms with Crippen LogP contribution in [0.5, 0.6) is 0 Å². The van der Waals surface area contributed by atoms with Crippen molar-refractivity contribution in [2.45, 2.75) is 26.2 Å². The van der Waals surface area contributed by atoms with Gasteiger partial charge in [-0.3, -0.25) is 9.59 Å². The van der Waals surface area contributed by atoms with Crippen molar-refractivity contribution in [1.82, 2.24) is 0 Å². The third kappa shape index (κ3) is 4.29. The van der Waals surface area contributed by atoms with Crippen molar-refractivity contribution in [2.75, 3.05) is 5.32 Å². The molecule has 0 saturated heterocycles. The maximum atomic E-state index is 12.8. The Balaban J connectivity index is 1.46. The highest BCUT2D eigenvalue weighted by atomic mass is 79.9. The standard InChI is InChI=1S/C28H22BrNO4/c1-28(2,3)18-6-4-16(5-7-18)24-15-22(31)21-10-9-20(14-25(21)34-24)30-27(32)26-13-17-12-19(29)8-11-23(17)33-26/h4-15H,1-3H3,(H,30,32). The number of hydrogen-bond donors (Lipinski definition) is 1. The van der Waals surface area contributed by atoms with Crippen LogP contribution in [0.3, 0.4) is 0 Å². The van der Waals surface area contributed by atoms with E-state index in [1.54, 1.807) is 30.3 Å². The number of amides is 1. The molecule has 0 aliphatic carbocycles. The summed E-state index contributed by atoms with van der Waals surface area (Å²) in [6.45, 7) is 6.45. The predicted octanol–water partition coefficient (Wildman–Crippen LogP) is 7.52. The molecule has 0 atom stereocenters. The number of carbonyl (C=O) groups excluding carboxylic acids is 1. The fraction of sp³-hybridized carbons (Fsp3) is 0.143. The SMILES string of the molecule is CC(C)(C)c1ccc(-c2cc(=O)c3ccc(NC(=O)c4cc5cc(Br)ccc5o4)cc3o2)cc1. The molecule has 1 amide bonds. The van der Waals surface area contributed by atoms with Crippen molar-refractivity contribution in [2.24, 2.45) is 0 Å². The molecule has 6 heteroatoms. The van der Waals surface area contributed by atoms with E-state index in [9.17, 15) is 9.59 Å². The van der Waals surface area contributed by atoms with Crippen molar-refractivity contribution in [1.29, 1.82) is 0 Å². The largest absolute Gasteiger partial charge is 0.456 e. The van der Waals surface area contributed by atoms with Crippen LogP contribution in [0.25, 0.3) is 33.3 Å². The minimum atomic E-state index is -0.386. The number of furan rings is 1. The molecule has 0 bridgehead atoms. The quantitative estimate of drug-likeness (QED) is 0.269. The van der Waals surface area contributed by atoms with E-state index < -0.39 is 0 Å². The van der Waals surface area contributed by atoms with Gasteiger partial charge in [0.1, 0.15) is 16.9 Å². The molecular formula is C28H22BrNO4. The minimum absolute atomic E-state index is 0.0339. The van der Waals surface area contributed by atoms with E-state index in [2.05, 4.69) is 42.0 Å². The van der Waals surface area contributed by atoms with Gasteiger partial charge < -0.3 is 14.2 Å². The van der Waals surface area contributed by atoms with Gasteiger partial charge in [0, 0.05) is 33.2 Å². The molecule has 0 aliphatic rings. The van der Waals surface area contributed by atoms with Gasteiger partial charge in [0.05, 0.1) is 5.39 Å². The zero-order valence-electron chi connectivity index (χ0n) is 18.9. The normalized spacial score (nSPS) is 11.8. The van der Waals surface area contributed by atoms with Gasteiger partial charge in [-0.05, 0) is 47.4 Å². The number of anilines is 1. The molecule has 0 fully saturated rings. The molecule has 5 rings (SSSR count). The summed E-state index contributed by atoms with van der Waals surface area (Å²) in [5.41, 5.74) is 3.43. The van der Waals surface area contributed by atoms with Crippen molar-refractivity contribution >= 4 is 49.5 Å². The van der Waals surface area contributed by atoms with E-state index in [1.165, 1.54) is 11.6 Å². The fourth-order valence-corrected chi connectivity index (χ4v) is 4.21. The van der Waals surface area contributed by atoms with Crippen molar-refractivity contribution in [3.63, 3.8) is 0 Å². The highest BCUT2D eigenvalue weighted by Gasteiger charge is 2.16. The third-order valence-electron chi connectivity index (χ3n) is 5.72. The average Bonchev–Trinajstić information content (AvgIpc) is 3.22. The van der Waals surface area contributed by atoms with E-state index in [1.807, 2.05) is 36.4 Å². The first-order valence-electron chi connectivity index (χ1n) is 10.9. The smallest absolute Gasteiger partial charge is 0.291 e. The molecule has 0 saturated carbocycles. The Labute approximate surface area is 204 Å². The Morgan fingerprint density at radius 1 is 0.853 bits per heavy atom. The van der Waals surface area contributed by atoms with Crippen LogP contribution in [0.2, 0.25) is 0 Å². The second-order valence-corrected chi connectivity index (χ2v) is 10.2. The van der Waals surface area contributed by atoms with Crippen LogP contribution in [-0.4, -0.2) is 5.91 Å². The lowest BCUT2D eigenvalue weighted by Gasteiger charge is -2.19. The lowest BCUT2D eigenvalue weighted by Crippen LogP contribution is -2.11. The molecule has 2 heterocycles. The summed E-state index contributed by atoms with van der Waals surface area (Å²) >= 11 is 3.42. The summed E-state index contributed by atoms with van der Waals surface area (Å²) in [5.74, 6) is 0.287. The van der Waals surface area contributed by atoms with Crippen LogP contribution in [0.4, 0.5) is 5.69 Å². The fourth-order valence-electron chi connectivity index (χ4n) is 3.83. The van der Waals surface area contributed by atoms with Gasteiger partial charge in [-0.15, -0.1) is 0 Å². The highest BCUT2D eigenvalue weighted by Crippen LogP contribution is 2.28. The van der Waals surface area contributed by atoms with Gasteiger partial charge in [-0.2, -0.15) is 0 Å². The first kappa shape index (κ1) is 22.2. The summed E-state index contributed by atoms with van der Waals surface area (Å²) < 4.78 is 12.6. The van der Waals surface area contributed by atoms with E-state index in [0.717, 1.165) is 15.4 Å². The number of fused-ring (bicyclic) bond motifs is 2. The number of rotatable bonds is 3. The summed E-state index contributed by atoms with van der Waals surface area (Å²) in [6.07, 6.45) is 0. The zero-order chi connectivity index (χ0) is 24.0. The first-order chi connectivity index (χ1) is 16.2. The summed E-state index contributed by atoms with van der Waals surface area (Å²) in [5, 5.41) is 4.09. The lowest BCUT2D eigenvalue weighted by molar-refractivity contribution is 0.0998. The van der Waals surface area contributed by atoms with E-state index in [-0.39, 0.29) is 22.5 Å². The van der Waals surface area contributed by atoms with Crippen molar-refractivity contribution < 1.29 is 13.6 Å². The Kier molecular flexibility index (Phi) is 5.41. The lowest BCUT2D eigenvalue weighted by atomic mass is 9.86. The Morgan fingerprint density at radius 3 is 2.35 bits per heavy atom. The van der Waals surface area contributed by atoms with Crippen LogP contribution >= 0.6 is 15.9 Å². The van der Waals surface area contributed by atoms with Crippen LogP contribution in [0.15, 0.2) is 90.9 Å². The topological polar surface area (TPSA) is 72.5 Å². The van der Waals surface area contributed by atoms with E-state index >= 15 is 0 Å². The molecular weight excluding hydrogens is 494 g/mol. The monoisotopic (exact) mass is 515 g/mol. The second kappa shape index (κ2) is 8.29. The molecule has 0 unspecified atom stereocenters. The number of nitrogens with one attached hydrogen (secondary N) is 1. The van der Waals surface area contributed by atoms with E-state index in [4.69, 9.17) is 8.83 Å². The molecule has 0 radical (unpaired) electrons. The van der Waals surface area contributed by atoms with Gasteiger partial charge in [0.2, 0.25) is 0 Å². The summed E-state index contributed by atoms with van der Waals surface area (Å²) in [6, 6.07) is 21.7. The Bertz CT molecular complexity index is 1600. The molecule has 34 heavy (non-hydrogen) atoms. The summed E-state index contributed by atoms with van der Waals surface area (Å²) in [7, 11) is 0. The molecule has 0 aliphatic heterocycles. The maximum absolute atomic E-state index is 12.8. The van der Waals surface area contributed by atoms with Crippen molar-refractivity contribution in [3.8, 4) is 11.3 Å². The number of halogens is 1. The highest BCUT2D eigenvalue weighted by molar-refractivity contribution is 9.10. The number of carbonyl (C=O) groups is 1. The van der Waals surface area contributed by atoms with Crippen LogP contribution in [0, 0.1) is 0 Å². The third-order valence-corrected chi connectivity index (χ3v) is 6.22. The van der Waals surface area contributed by atoms with E-state index in [0.29, 0.717) is 28.0 Å². The molecule has 0 spiro atoms. The summed E-state index contributed by atoms with van der Waals surface area (Å²) in [4.78, 5) is 25.5. The van der Waals surface area contributed by atoms with Crippen LogP contribution in [0.1, 0.15) is 36.9 Å². The average molecular weight is 516 g/mol. The van der Waals surface area contributed by atoms with Gasteiger partial charge in [-0.25, -0.2) is 0 Å². The molecule has 2 aromatic heterocycles. The minimum Gasteiger partial charge on any atom is -0.456 e. The number of hydrogen-bond acceptors (Lipinski definition) is 4. The van der Waals surface area contributed by atoms with Gasteiger partial charge in [0.25, 0.3) is 5.91 Å². The predicted molar refractivity (Wildman–Crippen MR) is 138 cm³/mol. The molecule has 5 aromatic rings. The maximum Gasteiger partial charge on any atom is 0.291 e. The van der Waals surface area contributed by atoms with Crippen molar-refractivity contribution in [3.05, 3.63) is 98.8 Å². The molecule has 170 valence electrons. The second-order valence-electron chi connectivity index (χ2n) is 9.26. The van der Waals surface area contributed by atoms with Crippen LogP contribution < -0.4 is 10.7 Å². The number of benzene rings is 3. The Morgan fingerprint density at radius 2 is 1.62 bits per heavy atom. The molecule has 3 aromatic carbocycles. The van der Waals surface area contributed by atoms with Gasteiger partial charge in [-0.1, -0.05) is 61.0 Å². The first-order valence-corrected chi connectivity index (χ1v) is 11.7. The Hall–Kier alpha value is -3.64. The van der Waals surface area contributed by atoms with Gasteiger partial charge >= 0.3 is 0 Å². The van der Waals surface area contributed by atoms with Crippen LogP contribution in [-0.2, 0) is 5.41 Å².